The Morgan fingerprint density at radius 1 is 1.35 bits per heavy atom. The Bertz CT molecular complexity index is 819. The minimum atomic E-state index is -0.918. The van der Waals surface area contributed by atoms with Crippen molar-refractivity contribution in [1.29, 1.82) is 0 Å². The molecule has 7 heteroatoms. The number of nitrogens with one attached hydrogen (secondary N) is 1. The van der Waals surface area contributed by atoms with Crippen LogP contribution in [0.5, 0.6) is 0 Å². The smallest absolute Gasteiger partial charge is 0.276 e. The van der Waals surface area contributed by atoms with Gasteiger partial charge in [-0.05, 0) is 19.3 Å². The molecule has 0 radical (unpaired) electrons. The first-order valence-electron chi connectivity index (χ1n) is 8.88. The lowest BCUT2D eigenvalue weighted by atomic mass is 9.71. The van der Waals surface area contributed by atoms with Gasteiger partial charge in [-0.25, -0.2) is 0 Å². The Balaban J connectivity index is 1.55. The molecule has 1 aromatic carbocycles. The first kappa shape index (κ1) is 16.8. The quantitative estimate of drug-likeness (QED) is 0.850. The van der Waals surface area contributed by atoms with E-state index >= 15 is 0 Å². The molecule has 1 spiro atoms. The fourth-order valence-corrected chi connectivity index (χ4v) is 3.89. The molecule has 0 unspecified atom stereocenters. The number of aromatic nitrogens is 1. The van der Waals surface area contributed by atoms with Gasteiger partial charge in [-0.3, -0.25) is 9.59 Å². The van der Waals surface area contributed by atoms with Crippen LogP contribution in [0.1, 0.15) is 29.8 Å². The number of hydrogen-bond acceptors (Lipinski definition) is 5. The fourth-order valence-electron chi connectivity index (χ4n) is 3.89. The molecule has 4 rings (SSSR count). The molecule has 3 heterocycles. The van der Waals surface area contributed by atoms with Gasteiger partial charge in [-0.15, -0.1) is 0 Å². The number of rotatable bonds is 2. The zero-order valence-electron chi connectivity index (χ0n) is 14.4. The van der Waals surface area contributed by atoms with Crippen molar-refractivity contribution in [2.45, 2.75) is 25.4 Å². The zero-order valence-corrected chi connectivity index (χ0v) is 14.4. The van der Waals surface area contributed by atoms with Crippen LogP contribution in [0.15, 0.2) is 40.9 Å². The lowest BCUT2D eigenvalue weighted by molar-refractivity contribution is -0.147. The van der Waals surface area contributed by atoms with Crippen molar-refractivity contribution in [3.63, 3.8) is 0 Å². The van der Waals surface area contributed by atoms with Crippen molar-refractivity contribution in [2.24, 2.45) is 5.41 Å². The number of hydrogen-bond donors (Lipinski definition) is 2. The molecule has 2 fully saturated rings. The first-order chi connectivity index (χ1) is 12.6. The third-order valence-corrected chi connectivity index (χ3v) is 5.40. The van der Waals surface area contributed by atoms with Crippen LogP contribution >= 0.6 is 0 Å². The second-order valence-electron chi connectivity index (χ2n) is 6.99. The van der Waals surface area contributed by atoms with Crippen molar-refractivity contribution >= 4 is 11.8 Å². The molecule has 26 heavy (non-hydrogen) atoms. The van der Waals surface area contributed by atoms with E-state index < -0.39 is 11.5 Å². The number of nitrogens with zero attached hydrogens (tertiary/aromatic N) is 2. The van der Waals surface area contributed by atoms with Gasteiger partial charge in [-0.2, -0.15) is 0 Å². The SMILES string of the molecule is O=C(c1cc(-c2ccccc2)on1)N1CC[C@H](O)[C@@]2(CCCNC2=O)C1. The van der Waals surface area contributed by atoms with Crippen LogP contribution in [0, 0.1) is 5.41 Å². The Hall–Kier alpha value is -2.67. The summed E-state index contributed by atoms with van der Waals surface area (Å²) in [7, 11) is 0. The molecule has 0 bridgehead atoms. The number of carbonyl (C=O) groups excluding carboxylic acids is 2. The highest BCUT2D eigenvalue weighted by Crippen LogP contribution is 2.37. The van der Waals surface area contributed by atoms with Gasteiger partial charge in [0, 0.05) is 31.3 Å². The molecule has 2 aliphatic rings. The van der Waals surface area contributed by atoms with E-state index in [1.165, 1.54) is 0 Å². The van der Waals surface area contributed by atoms with E-state index in [1.807, 2.05) is 30.3 Å². The monoisotopic (exact) mass is 355 g/mol. The normalized spacial score (nSPS) is 26.0. The minimum absolute atomic E-state index is 0.168. The summed E-state index contributed by atoms with van der Waals surface area (Å²) in [5, 5.41) is 17.2. The van der Waals surface area contributed by atoms with Crippen LogP contribution in [-0.4, -0.2) is 52.7 Å². The van der Waals surface area contributed by atoms with E-state index in [1.54, 1.807) is 11.0 Å². The molecule has 7 nitrogen and oxygen atoms in total. The van der Waals surface area contributed by atoms with Gasteiger partial charge < -0.3 is 19.8 Å². The molecule has 1 aromatic heterocycles. The topological polar surface area (TPSA) is 95.7 Å². The molecule has 2 saturated heterocycles. The second kappa shape index (κ2) is 6.57. The molecule has 2 aliphatic heterocycles. The lowest BCUT2D eigenvalue weighted by Gasteiger charge is -2.46. The molecule has 0 saturated carbocycles. The average Bonchev–Trinajstić information content (AvgIpc) is 3.16. The van der Waals surface area contributed by atoms with Crippen LogP contribution in [-0.2, 0) is 4.79 Å². The van der Waals surface area contributed by atoms with Crippen molar-refractivity contribution in [1.82, 2.24) is 15.4 Å². The average molecular weight is 355 g/mol. The van der Waals surface area contributed by atoms with Gasteiger partial charge in [0.2, 0.25) is 5.91 Å². The third-order valence-electron chi connectivity index (χ3n) is 5.40. The summed E-state index contributed by atoms with van der Waals surface area (Å²) >= 11 is 0. The van der Waals surface area contributed by atoms with Crippen LogP contribution in [0.3, 0.4) is 0 Å². The van der Waals surface area contributed by atoms with Gasteiger partial charge in [-0.1, -0.05) is 35.5 Å². The van der Waals surface area contributed by atoms with Crippen LogP contribution in [0.4, 0.5) is 0 Å². The summed E-state index contributed by atoms with van der Waals surface area (Å²) < 4.78 is 5.32. The highest BCUT2D eigenvalue weighted by molar-refractivity contribution is 5.94. The van der Waals surface area contributed by atoms with E-state index in [-0.39, 0.29) is 24.1 Å². The summed E-state index contributed by atoms with van der Waals surface area (Å²) in [6, 6.07) is 11.1. The third kappa shape index (κ3) is 2.78. The standard InChI is InChI=1S/C19H21N3O4/c23-16-7-10-22(12-19(16)8-4-9-20-18(19)25)17(24)14-11-15(26-21-14)13-5-2-1-3-6-13/h1-3,5-6,11,16,23H,4,7-10,12H2,(H,20,25)/t16-,19+/m0/s1. The molecule has 2 N–H and O–H groups in total. The van der Waals surface area contributed by atoms with E-state index in [0.29, 0.717) is 31.7 Å². The Kier molecular flexibility index (Phi) is 4.24. The number of aliphatic hydroxyl groups is 1. The molecule has 2 amide bonds. The summed E-state index contributed by atoms with van der Waals surface area (Å²) in [4.78, 5) is 26.9. The predicted octanol–water partition coefficient (Wildman–Crippen LogP) is 1.44. The number of amides is 2. The molecule has 2 atom stereocenters. The van der Waals surface area contributed by atoms with Crippen LogP contribution in [0.25, 0.3) is 11.3 Å². The lowest BCUT2D eigenvalue weighted by Crippen LogP contribution is -2.62. The number of aliphatic hydroxyl groups excluding tert-OH is 1. The van der Waals surface area contributed by atoms with Gasteiger partial charge in [0.15, 0.2) is 11.5 Å². The first-order valence-corrected chi connectivity index (χ1v) is 8.88. The van der Waals surface area contributed by atoms with Gasteiger partial charge >= 0.3 is 0 Å². The van der Waals surface area contributed by atoms with E-state index in [0.717, 1.165) is 12.0 Å². The Labute approximate surface area is 151 Å². The summed E-state index contributed by atoms with van der Waals surface area (Å²) in [6.07, 6.45) is 1.02. The highest BCUT2D eigenvalue weighted by Gasteiger charge is 2.50. The Morgan fingerprint density at radius 2 is 2.15 bits per heavy atom. The predicted molar refractivity (Wildman–Crippen MR) is 93.1 cm³/mol. The number of piperidine rings is 2. The summed E-state index contributed by atoms with van der Waals surface area (Å²) in [6.45, 7) is 1.21. The largest absolute Gasteiger partial charge is 0.392 e. The molecular formula is C19H21N3O4. The number of likely N-dealkylation sites (tertiary alicyclic amines) is 1. The second-order valence-corrected chi connectivity index (χ2v) is 6.99. The maximum atomic E-state index is 12.9. The van der Waals surface area contributed by atoms with Crippen molar-refractivity contribution in [3.05, 3.63) is 42.1 Å². The number of benzene rings is 1. The van der Waals surface area contributed by atoms with Crippen molar-refractivity contribution in [3.8, 4) is 11.3 Å². The van der Waals surface area contributed by atoms with Crippen molar-refractivity contribution < 1.29 is 19.2 Å². The van der Waals surface area contributed by atoms with Gasteiger partial charge in [0.05, 0.1) is 11.5 Å². The zero-order chi connectivity index (χ0) is 18.1. The van der Waals surface area contributed by atoms with E-state index in [9.17, 15) is 14.7 Å². The van der Waals surface area contributed by atoms with Crippen molar-refractivity contribution in [2.75, 3.05) is 19.6 Å². The Morgan fingerprint density at radius 3 is 2.92 bits per heavy atom. The number of carbonyl (C=O) groups is 2. The molecule has 2 aromatic rings. The van der Waals surface area contributed by atoms with E-state index in [2.05, 4.69) is 10.5 Å². The maximum absolute atomic E-state index is 12.9. The van der Waals surface area contributed by atoms with Gasteiger partial charge in [0.25, 0.3) is 5.91 Å². The fraction of sp³-hybridized carbons (Fsp3) is 0.421. The summed E-state index contributed by atoms with van der Waals surface area (Å²) in [5.74, 6) is 0.0792. The molecule has 136 valence electrons. The molecule has 0 aliphatic carbocycles. The maximum Gasteiger partial charge on any atom is 0.276 e. The van der Waals surface area contributed by atoms with Crippen LogP contribution in [0.2, 0.25) is 0 Å². The summed E-state index contributed by atoms with van der Waals surface area (Å²) in [5.41, 5.74) is 0.140. The van der Waals surface area contributed by atoms with Crippen LogP contribution < -0.4 is 5.32 Å². The van der Waals surface area contributed by atoms with Gasteiger partial charge in [0.1, 0.15) is 0 Å². The highest BCUT2D eigenvalue weighted by atomic mass is 16.5. The molecular weight excluding hydrogens is 334 g/mol. The minimum Gasteiger partial charge on any atom is -0.392 e. The van der Waals surface area contributed by atoms with E-state index in [4.69, 9.17) is 4.52 Å².